The van der Waals surface area contributed by atoms with Crippen LogP contribution in [0.3, 0.4) is 0 Å². The summed E-state index contributed by atoms with van der Waals surface area (Å²) >= 11 is 5.58. The maximum Gasteiger partial charge on any atom is 0.142 e. The zero-order valence-electron chi connectivity index (χ0n) is 9.50. The molecule has 1 aliphatic carbocycles. The van der Waals surface area contributed by atoms with Gasteiger partial charge in [-0.1, -0.05) is 30.5 Å². The van der Waals surface area contributed by atoms with Crippen molar-refractivity contribution < 1.29 is 14.6 Å². The molecule has 2 N–H and O–H groups in total. The molecule has 1 fully saturated rings. The third kappa shape index (κ3) is 2.79. The molecule has 1 aromatic rings. The number of hydrogen-bond donors (Lipinski definition) is 2. The summed E-state index contributed by atoms with van der Waals surface area (Å²) < 4.78 is 13.2. The van der Waals surface area contributed by atoms with E-state index in [2.05, 4.69) is 0 Å². The van der Waals surface area contributed by atoms with Crippen molar-refractivity contribution in [3.8, 4) is 0 Å². The molecule has 0 heterocycles. The van der Waals surface area contributed by atoms with Crippen LogP contribution in [-0.2, 0) is 6.42 Å². The molecule has 4 heteroatoms. The van der Waals surface area contributed by atoms with Gasteiger partial charge in [0.05, 0.1) is 16.7 Å². The van der Waals surface area contributed by atoms with Gasteiger partial charge in [0.2, 0.25) is 0 Å². The molecule has 0 aromatic heterocycles. The molecule has 0 saturated heterocycles. The first-order chi connectivity index (χ1) is 8.01. The molecule has 0 aliphatic heterocycles. The van der Waals surface area contributed by atoms with Crippen LogP contribution in [0.2, 0.25) is 5.02 Å². The van der Waals surface area contributed by atoms with Gasteiger partial charge in [-0.05, 0) is 30.5 Å². The fourth-order valence-corrected chi connectivity index (χ4v) is 2.52. The lowest BCUT2D eigenvalue weighted by atomic mass is 9.90. The van der Waals surface area contributed by atoms with E-state index in [9.17, 15) is 14.6 Å². The number of aliphatic hydroxyl groups excluding tert-OH is 1. The van der Waals surface area contributed by atoms with E-state index in [0.717, 1.165) is 12.8 Å². The standard InChI is InChI=1S/C13H16ClFO2/c14-10-4-3-9(7-11(10)15)8-12(16)13(17)5-1-2-6-13/h3-4,7,12,16-17H,1-2,5-6,8H2. The summed E-state index contributed by atoms with van der Waals surface area (Å²) in [5.74, 6) is -0.491. The van der Waals surface area contributed by atoms with Gasteiger partial charge in [0.25, 0.3) is 0 Å². The number of benzene rings is 1. The van der Waals surface area contributed by atoms with Crippen LogP contribution < -0.4 is 0 Å². The van der Waals surface area contributed by atoms with Crippen LogP contribution in [0, 0.1) is 5.82 Å². The normalized spacial score (nSPS) is 20.5. The summed E-state index contributed by atoms with van der Waals surface area (Å²) in [7, 11) is 0. The van der Waals surface area contributed by atoms with Gasteiger partial charge in [-0.15, -0.1) is 0 Å². The Morgan fingerprint density at radius 3 is 2.59 bits per heavy atom. The minimum atomic E-state index is -1.00. The molecule has 1 unspecified atom stereocenters. The quantitative estimate of drug-likeness (QED) is 0.875. The zero-order chi connectivity index (χ0) is 12.5. The predicted octanol–water partition coefficient (Wildman–Crippen LogP) is 2.69. The Morgan fingerprint density at radius 2 is 2.00 bits per heavy atom. The van der Waals surface area contributed by atoms with Gasteiger partial charge < -0.3 is 10.2 Å². The summed E-state index contributed by atoms with van der Waals surface area (Å²) in [4.78, 5) is 0. The van der Waals surface area contributed by atoms with E-state index in [1.807, 2.05) is 0 Å². The van der Waals surface area contributed by atoms with Crippen LogP contribution in [0.15, 0.2) is 18.2 Å². The van der Waals surface area contributed by atoms with Gasteiger partial charge >= 0.3 is 0 Å². The van der Waals surface area contributed by atoms with Crippen LogP contribution in [0.1, 0.15) is 31.2 Å². The molecule has 0 spiro atoms. The van der Waals surface area contributed by atoms with Crippen LogP contribution in [0.4, 0.5) is 4.39 Å². The minimum Gasteiger partial charge on any atom is -0.390 e. The molecule has 0 bridgehead atoms. The third-order valence-electron chi connectivity index (χ3n) is 3.50. The lowest BCUT2D eigenvalue weighted by Gasteiger charge is -2.28. The van der Waals surface area contributed by atoms with Crippen molar-refractivity contribution >= 4 is 11.6 Å². The van der Waals surface area contributed by atoms with Crippen molar-refractivity contribution in [3.63, 3.8) is 0 Å². The highest BCUT2D eigenvalue weighted by molar-refractivity contribution is 6.30. The van der Waals surface area contributed by atoms with Crippen molar-refractivity contribution in [1.29, 1.82) is 0 Å². The number of hydrogen-bond acceptors (Lipinski definition) is 2. The van der Waals surface area contributed by atoms with Crippen LogP contribution >= 0.6 is 11.6 Å². The summed E-state index contributed by atoms with van der Waals surface area (Å²) in [6.07, 6.45) is 2.51. The molecule has 17 heavy (non-hydrogen) atoms. The lowest BCUT2D eigenvalue weighted by molar-refractivity contribution is -0.0689. The maximum absolute atomic E-state index is 13.2. The van der Waals surface area contributed by atoms with Gasteiger partial charge in [0, 0.05) is 6.42 Å². The van der Waals surface area contributed by atoms with E-state index in [1.165, 1.54) is 12.1 Å². The second-order valence-electron chi connectivity index (χ2n) is 4.78. The molecular formula is C13H16ClFO2. The summed E-state index contributed by atoms with van der Waals surface area (Å²) in [6, 6.07) is 4.45. The zero-order valence-corrected chi connectivity index (χ0v) is 10.3. The molecule has 1 atom stereocenters. The maximum atomic E-state index is 13.2. The van der Waals surface area contributed by atoms with Crippen LogP contribution in [-0.4, -0.2) is 21.9 Å². The summed E-state index contributed by atoms with van der Waals surface area (Å²) in [6.45, 7) is 0. The molecule has 1 aliphatic rings. The summed E-state index contributed by atoms with van der Waals surface area (Å²) in [5.41, 5.74) is -0.351. The molecule has 94 valence electrons. The van der Waals surface area contributed by atoms with E-state index >= 15 is 0 Å². The largest absolute Gasteiger partial charge is 0.390 e. The van der Waals surface area contributed by atoms with Gasteiger partial charge in [0.1, 0.15) is 5.82 Å². The first-order valence-electron chi connectivity index (χ1n) is 5.86. The molecule has 1 saturated carbocycles. The monoisotopic (exact) mass is 258 g/mol. The van der Waals surface area contributed by atoms with E-state index in [-0.39, 0.29) is 11.4 Å². The van der Waals surface area contributed by atoms with E-state index in [4.69, 9.17) is 11.6 Å². The Hall–Kier alpha value is -0.640. The highest BCUT2D eigenvalue weighted by Gasteiger charge is 2.38. The Bertz CT molecular complexity index is 402. The fraction of sp³-hybridized carbons (Fsp3) is 0.538. The predicted molar refractivity (Wildman–Crippen MR) is 64.5 cm³/mol. The highest BCUT2D eigenvalue weighted by Crippen LogP contribution is 2.33. The Balaban J connectivity index is 2.07. The van der Waals surface area contributed by atoms with Gasteiger partial charge in [0.15, 0.2) is 0 Å². The van der Waals surface area contributed by atoms with Gasteiger partial charge in [-0.25, -0.2) is 4.39 Å². The van der Waals surface area contributed by atoms with E-state index < -0.39 is 17.5 Å². The van der Waals surface area contributed by atoms with E-state index in [1.54, 1.807) is 6.07 Å². The summed E-state index contributed by atoms with van der Waals surface area (Å²) in [5, 5.41) is 20.3. The first-order valence-corrected chi connectivity index (χ1v) is 6.23. The molecule has 2 rings (SSSR count). The van der Waals surface area contributed by atoms with Gasteiger partial charge in [-0.3, -0.25) is 0 Å². The average Bonchev–Trinajstić information content (AvgIpc) is 2.72. The number of rotatable bonds is 3. The number of aliphatic hydroxyl groups is 2. The smallest absolute Gasteiger partial charge is 0.142 e. The Labute approximate surface area is 105 Å². The Morgan fingerprint density at radius 1 is 1.35 bits per heavy atom. The van der Waals surface area contributed by atoms with Crippen molar-refractivity contribution in [3.05, 3.63) is 34.6 Å². The first kappa shape index (κ1) is 12.8. The molecular weight excluding hydrogens is 243 g/mol. The van der Waals surface area contributed by atoms with E-state index in [0.29, 0.717) is 18.4 Å². The molecule has 1 aromatic carbocycles. The van der Waals surface area contributed by atoms with Gasteiger partial charge in [-0.2, -0.15) is 0 Å². The highest BCUT2D eigenvalue weighted by atomic mass is 35.5. The third-order valence-corrected chi connectivity index (χ3v) is 3.81. The van der Waals surface area contributed by atoms with Crippen molar-refractivity contribution in [2.45, 2.75) is 43.8 Å². The Kier molecular flexibility index (Phi) is 3.71. The van der Waals surface area contributed by atoms with Crippen LogP contribution in [0.5, 0.6) is 0 Å². The average molecular weight is 259 g/mol. The minimum absolute atomic E-state index is 0.0721. The fourth-order valence-electron chi connectivity index (χ4n) is 2.40. The topological polar surface area (TPSA) is 40.5 Å². The molecule has 2 nitrogen and oxygen atoms in total. The molecule has 0 radical (unpaired) electrons. The second kappa shape index (κ2) is 4.92. The van der Waals surface area contributed by atoms with Crippen molar-refractivity contribution in [2.75, 3.05) is 0 Å². The van der Waals surface area contributed by atoms with Crippen LogP contribution in [0.25, 0.3) is 0 Å². The lowest BCUT2D eigenvalue weighted by Crippen LogP contribution is -2.40. The number of halogens is 2. The SMILES string of the molecule is OC(Cc1ccc(Cl)c(F)c1)C1(O)CCCC1. The van der Waals surface area contributed by atoms with Crippen molar-refractivity contribution in [2.24, 2.45) is 0 Å². The second-order valence-corrected chi connectivity index (χ2v) is 5.19. The molecule has 0 amide bonds. The van der Waals surface area contributed by atoms with Crippen molar-refractivity contribution in [1.82, 2.24) is 0 Å².